The van der Waals surface area contributed by atoms with Crippen molar-refractivity contribution < 1.29 is 9.53 Å². The molecule has 2 aliphatic heterocycles. The van der Waals surface area contributed by atoms with Crippen molar-refractivity contribution in [2.24, 2.45) is 5.41 Å². The number of para-hydroxylation sites is 1. The van der Waals surface area contributed by atoms with E-state index in [1.54, 1.807) is 7.11 Å². The van der Waals surface area contributed by atoms with Crippen LogP contribution in [0.15, 0.2) is 24.3 Å². The zero-order chi connectivity index (χ0) is 13.3. The number of benzene rings is 1. The van der Waals surface area contributed by atoms with Crippen LogP contribution < -0.4 is 10.1 Å². The highest BCUT2D eigenvalue weighted by Crippen LogP contribution is 2.37. The monoisotopic (exact) mass is 260 g/mol. The molecular formula is C15H20N2O2. The van der Waals surface area contributed by atoms with E-state index in [0.717, 1.165) is 26.2 Å². The second-order valence-corrected chi connectivity index (χ2v) is 5.64. The second-order valence-electron chi connectivity index (χ2n) is 5.64. The van der Waals surface area contributed by atoms with E-state index in [-0.39, 0.29) is 5.91 Å². The molecule has 1 amide bonds. The molecule has 0 bridgehead atoms. The summed E-state index contributed by atoms with van der Waals surface area (Å²) in [7, 11) is 1.61. The van der Waals surface area contributed by atoms with E-state index in [0.29, 0.717) is 16.7 Å². The van der Waals surface area contributed by atoms with Gasteiger partial charge in [0.25, 0.3) is 5.91 Å². The molecule has 2 fully saturated rings. The lowest BCUT2D eigenvalue weighted by atomic mass is 9.74. The Morgan fingerprint density at radius 1 is 1.37 bits per heavy atom. The first-order valence-electron chi connectivity index (χ1n) is 6.87. The Balaban J connectivity index is 1.69. The van der Waals surface area contributed by atoms with Gasteiger partial charge in [-0.1, -0.05) is 12.1 Å². The average Bonchev–Trinajstić information content (AvgIpc) is 2.44. The molecule has 2 saturated heterocycles. The van der Waals surface area contributed by atoms with Crippen LogP contribution in [-0.4, -0.2) is 44.1 Å². The molecule has 2 heterocycles. The molecule has 3 rings (SSSR count). The van der Waals surface area contributed by atoms with Crippen LogP contribution in [0.25, 0.3) is 0 Å². The summed E-state index contributed by atoms with van der Waals surface area (Å²) < 4.78 is 5.26. The summed E-state index contributed by atoms with van der Waals surface area (Å²) >= 11 is 0. The van der Waals surface area contributed by atoms with Crippen molar-refractivity contribution >= 4 is 5.91 Å². The van der Waals surface area contributed by atoms with Crippen LogP contribution in [0.4, 0.5) is 0 Å². The minimum Gasteiger partial charge on any atom is -0.496 e. The summed E-state index contributed by atoms with van der Waals surface area (Å²) in [6.45, 7) is 3.90. The quantitative estimate of drug-likeness (QED) is 0.876. The van der Waals surface area contributed by atoms with E-state index in [2.05, 4.69) is 5.32 Å². The number of carbonyl (C=O) groups excluding carboxylic acids is 1. The number of ether oxygens (including phenoxy) is 1. The van der Waals surface area contributed by atoms with E-state index in [9.17, 15) is 4.79 Å². The van der Waals surface area contributed by atoms with E-state index in [4.69, 9.17) is 4.74 Å². The Bertz CT molecular complexity index is 473. The van der Waals surface area contributed by atoms with Gasteiger partial charge in [-0.3, -0.25) is 4.79 Å². The third kappa shape index (κ3) is 2.21. The number of rotatable bonds is 2. The smallest absolute Gasteiger partial charge is 0.257 e. The van der Waals surface area contributed by atoms with Gasteiger partial charge in [-0.25, -0.2) is 0 Å². The Hall–Kier alpha value is -1.55. The summed E-state index contributed by atoms with van der Waals surface area (Å²) in [5, 5.41) is 3.44. The van der Waals surface area contributed by atoms with Crippen LogP contribution in [-0.2, 0) is 0 Å². The normalized spacial score (nSPS) is 21.0. The van der Waals surface area contributed by atoms with E-state index in [1.165, 1.54) is 12.8 Å². The third-order valence-electron chi connectivity index (χ3n) is 4.24. The molecule has 0 aliphatic carbocycles. The zero-order valence-corrected chi connectivity index (χ0v) is 11.3. The minimum absolute atomic E-state index is 0.0913. The van der Waals surface area contributed by atoms with E-state index < -0.39 is 0 Å². The van der Waals surface area contributed by atoms with Crippen LogP contribution in [0.2, 0.25) is 0 Å². The van der Waals surface area contributed by atoms with Crippen molar-refractivity contribution in [2.45, 2.75) is 12.8 Å². The maximum absolute atomic E-state index is 12.5. The molecule has 4 heteroatoms. The summed E-state index contributed by atoms with van der Waals surface area (Å²) in [4.78, 5) is 14.4. The van der Waals surface area contributed by atoms with Crippen molar-refractivity contribution in [1.82, 2.24) is 10.2 Å². The van der Waals surface area contributed by atoms with Gasteiger partial charge in [0, 0.05) is 25.0 Å². The molecule has 4 nitrogen and oxygen atoms in total. The lowest BCUT2D eigenvalue weighted by molar-refractivity contribution is -0.00740. The van der Waals surface area contributed by atoms with Gasteiger partial charge in [-0.2, -0.15) is 0 Å². The standard InChI is InChI=1S/C15H20N2O2/c1-19-13-6-3-2-5-12(13)14(18)17-10-15(11-17)7-4-8-16-9-15/h2-3,5-6,16H,4,7-11H2,1H3. The Morgan fingerprint density at radius 3 is 2.84 bits per heavy atom. The van der Waals surface area contributed by atoms with E-state index >= 15 is 0 Å². The van der Waals surface area contributed by atoms with Crippen LogP contribution >= 0.6 is 0 Å². The van der Waals surface area contributed by atoms with Crippen LogP contribution in [0.5, 0.6) is 5.75 Å². The first-order valence-corrected chi connectivity index (χ1v) is 6.87. The van der Waals surface area contributed by atoms with Crippen LogP contribution in [0, 0.1) is 5.41 Å². The van der Waals surface area contributed by atoms with Crippen molar-refractivity contribution in [2.75, 3.05) is 33.3 Å². The summed E-state index contributed by atoms with van der Waals surface area (Å²) in [6, 6.07) is 7.45. The van der Waals surface area contributed by atoms with Crippen molar-refractivity contribution in [1.29, 1.82) is 0 Å². The maximum atomic E-state index is 12.5. The molecule has 0 radical (unpaired) electrons. The maximum Gasteiger partial charge on any atom is 0.257 e. The average molecular weight is 260 g/mol. The number of hydrogen-bond donors (Lipinski definition) is 1. The minimum atomic E-state index is 0.0913. The number of nitrogens with one attached hydrogen (secondary N) is 1. The summed E-state index contributed by atoms with van der Waals surface area (Å²) in [5.41, 5.74) is 0.999. The fourth-order valence-corrected chi connectivity index (χ4v) is 3.20. The molecular weight excluding hydrogens is 240 g/mol. The number of hydrogen-bond acceptors (Lipinski definition) is 3. The van der Waals surface area contributed by atoms with Crippen molar-refractivity contribution in [3.05, 3.63) is 29.8 Å². The van der Waals surface area contributed by atoms with Gasteiger partial charge in [0.15, 0.2) is 0 Å². The Morgan fingerprint density at radius 2 is 2.16 bits per heavy atom. The van der Waals surface area contributed by atoms with Gasteiger partial charge in [-0.15, -0.1) is 0 Å². The highest BCUT2D eigenvalue weighted by atomic mass is 16.5. The molecule has 102 valence electrons. The highest BCUT2D eigenvalue weighted by molar-refractivity contribution is 5.97. The molecule has 0 aromatic heterocycles. The Kier molecular flexibility index (Phi) is 3.19. The molecule has 0 atom stereocenters. The van der Waals surface area contributed by atoms with Crippen molar-refractivity contribution in [3.8, 4) is 5.75 Å². The number of nitrogens with zero attached hydrogens (tertiary/aromatic N) is 1. The van der Waals surface area contributed by atoms with Gasteiger partial charge in [0.2, 0.25) is 0 Å². The number of likely N-dealkylation sites (tertiary alicyclic amines) is 1. The van der Waals surface area contributed by atoms with Gasteiger partial charge in [-0.05, 0) is 31.5 Å². The largest absolute Gasteiger partial charge is 0.496 e. The van der Waals surface area contributed by atoms with Crippen LogP contribution in [0.1, 0.15) is 23.2 Å². The summed E-state index contributed by atoms with van der Waals surface area (Å²) in [6.07, 6.45) is 2.45. The topological polar surface area (TPSA) is 41.6 Å². The summed E-state index contributed by atoms with van der Waals surface area (Å²) in [5.74, 6) is 0.754. The molecule has 1 aromatic carbocycles. The molecule has 19 heavy (non-hydrogen) atoms. The van der Waals surface area contributed by atoms with Crippen LogP contribution in [0.3, 0.4) is 0 Å². The number of methoxy groups -OCH3 is 1. The first kappa shape index (κ1) is 12.5. The van der Waals surface area contributed by atoms with E-state index in [1.807, 2.05) is 29.2 Å². The first-order chi connectivity index (χ1) is 9.24. The number of carbonyl (C=O) groups is 1. The molecule has 1 aromatic rings. The second kappa shape index (κ2) is 4.85. The molecule has 0 unspecified atom stereocenters. The van der Waals surface area contributed by atoms with Gasteiger partial charge < -0.3 is 15.0 Å². The predicted molar refractivity (Wildman–Crippen MR) is 73.4 cm³/mol. The highest BCUT2D eigenvalue weighted by Gasteiger charge is 2.45. The fourth-order valence-electron chi connectivity index (χ4n) is 3.20. The third-order valence-corrected chi connectivity index (χ3v) is 4.24. The van der Waals surface area contributed by atoms with Crippen molar-refractivity contribution in [3.63, 3.8) is 0 Å². The predicted octanol–water partition coefficient (Wildman–Crippen LogP) is 1.52. The molecule has 2 aliphatic rings. The van der Waals surface area contributed by atoms with Gasteiger partial charge >= 0.3 is 0 Å². The molecule has 1 spiro atoms. The van der Waals surface area contributed by atoms with Gasteiger partial charge in [0.05, 0.1) is 12.7 Å². The fraction of sp³-hybridized carbons (Fsp3) is 0.533. The molecule has 1 N–H and O–H groups in total. The SMILES string of the molecule is COc1ccccc1C(=O)N1CC2(CCCNC2)C1. The van der Waals surface area contributed by atoms with Gasteiger partial charge in [0.1, 0.15) is 5.75 Å². The zero-order valence-electron chi connectivity index (χ0n) is 11.3. The lowest BCUT2D eigenvalue weighted by Crippen LogP contribution is -2.63. The molecule has 0 saturated carbocycles. The number of amides is 1. The lowest BCUT2D eigenvalue weighted by Gasteiger charge is -2.52. The number of piperidine rings is 1. The Labute approximate surface area is 113 Å².